The average Bonchev–Trinajstić information content (AvgIpc) is 3.01. The Balaban J connectivity index is 1.53. The molecule has 2 heterocycles. The molecule has 1 aromatic heterocycles. The molecule has 1 aliphatic heterocycles. The Kier molecular flexibility index (Phi) is 4.33. The molecule has 1 aliphatic rings. The van der Waals surface area contributed by atoms with Gasteiger partial charge in [-0.05, 0) is 25.0 Å². The van der Waals surface area contributed by atoms with Crippen molar-refractivity contribution in [2.75, 3.05) is 25.0 Å². The Labute approximate surface area is 124 Å². The summed E-state index contributed by atoms with van der Waals surface area (Å²) in [6.07, 6.45) is 2.46. The quantitative estimate of drug-likeness (QED) is 0.860. The SMILES string of the molecule is CN(c1ccccc1)C1CCN(Cc2cscn2)CC1. The zero-order chi connectivity index (χ0) is 13.8. The van der Waals surface area contributed by atoms with Gasteiger partial charge in [0.25, 0.3) is 0 Å². The van der Waals surface area contributed by atoms with E-state index >= 15 is 0 Å². The van der Waals surface area contributed by atoms with Gasteiger partial charge in [0.1, 0.15) is 0 Å². The van der Waals surface area contributed by atoms with Crippen molar-refractivity contribution in [3.05, 3.63) is 46.9 Å². The standard InChI is InChI=1S/C16H21N3S/c1-18(15-5-3-2-4-6-15)16-7-9-19(10-8-16)11-14-12-20-13-17-14/h2-6,12-13,16H,7-11H2,1H3. The molecule has 0 N–H and O–H groups in total. The summed E-state index contributed by atoms with van der Waals surface area (Å²) in [5, 5.41) is 2.15. The number of para-hydroxylation sites is 1. The molecule has 1 saturated heterocycles. The van der Waals surface area contributed by atoms with E-state index in [1.165, 1.54) is 37.3 Å². The number of hydrogen-bond acceptors (Lipinski definition) is 4. The summed E-state index contributed by atoms with van der Waals surface area (Å²) >= 11 is 1.68. The van der Waals surface area contributed by atoms with E-state index in [1.54, 1.807) is 11.3 Å². The Hall–Kier alpha value is -1.39. The molecular formula is C16H21N3S. The predicted octanol–water partition coefficient (Wildman–Crippen LogP) is 3.24. The topological polar surface area (TPSA) is 19.4 Å². The largest absolute Gasteiger partial charge is 0.372 e. The zero-order valence-electron chi connectivity index (χ0n) is 11.9. The van der Waals surface area contributed by atoms with Gasteiger partial charge in [0.15, 0.2) is 0 Å². The van der Waals surface area contributed by atoms with Gasteiger partial charge in [0.05, 0.1) is 11.2 Å². The molecule has 1 fully saturated rings. The highest BCUT2D eigenvalue weighted by molar-refractivity contribution is 7.07. The number of nitrogens with zero attached hydrogens (tertiary/aromatic N) is 3. The molecule has 4 heteroatoms. The number of benzene rings is 1. The van der Waals surface area contributed by atoms with Gasteiger partial charge in [-0.3, -0.25) is 4.90 Å². The first-order valence-electron chi connectivity index (χ1n) is 7.20. The van der Waals surface area contributed by atoms with Crippen molar-refractivity contribution < 1.29 is 0 Å². The van der Waals surface area contributed by atoms with Crippen molar-refractivity contribution in [3.63, 3.8) is 0 Å². The van der Waals surface area contributed by atoms with Crippen LogP contribution in [0.25, 0.3) is 0 Å². The first kappa shape index (κ1) is 13.6. The third-order valence-electron chi connectivity index (χ3n) is 4.14. The lowest BCUT2D eigenvalue weighted by Gasteiger charge is -2.37. The number of likely N-dealkylation sites (tertiary alicyclic amines) is 1. The van der Waals surface area contributed by atoms with Crippen LogP contribution in [0.2, 0.25) is 0 Å². The third-order valence-corrected chi connectivity index (χ3v) is 4.77. The Bertz CT molecular complexity index is 504. The smallest absolute Gasteiger partial charge is 0.0795 e. The Morgan fingerprint density at radius 1 is 1.25 bits per heavy atom. The number of hydrogen-bond donors (Lipinski definition) is 0. The molecule has 1 aromatic carbocycles. The number of anilines is 1. The maximum atomic E-state index is 4.38. The molecular weight excluding hydrogens is 266 g/mol. The molecule has 2 aromatic rings. The zero-order valence-corrected chi connectivity index (χ0v) is 12.7. The van der Waals surface area contributed by atoms with Crippen molar-refractivity contribution >= 4 is 17.0 Å². The molecule has 3 rings (SSSR count). The number of aromatic nitrogens is 1. The van der Waals surface area contributed by atoms with Crippen LogP contribution in [0, 0.1) is 0 Å². The van der Waals surface area contributed by atoms with E-state index in [1.807, 2.05) is 5.51 Å². The molecule has 20 heavy (non-hydrogen) atoms. The van der Waals surface area contributed by atoms with Gasteiger partial charge in [0.2, 0.25) is 0 Å². The van der Waals surface area contributed by atoms with Gasteiger partial charge in [0, 0.05) is 43.8 Å². The molecule has 0 saturated carbocycles. The molecule has 0 amide bonds. The highest BCUT2D eigenvalue weighted by Gasteiger charge is 2.22. The Morgan fingerprint density at radius 2 is 2.00 bits per heavy atom. The van der Waals surface area contributed by atoms with Gasteiger partial charge in [-0.1, -0.05) is 18.2 Å². The summed E-state index contributed by atoms with van der Waals surface area (Å²) in [7, 11) is 2.22. The van der Waals surface area contributed by atoms with Gasteiger partial charge < -0.3 is 4.90 Å². The maximum absolute atomic E-state index is 4.38. The molecule has 106 valence electrons. The normalized spacial score (nSPS) is 17.2. The summed E-state index contributed by atoms with van der Waals surface area (Å²) < 4.78 is 0. The number of piperidine rings is 1. The van der Waals surface area contributed by atoms with Crippen LogP contribution in [-0.4, -0.2) is 36.1 Å². The summed E-state index contributed by atoms with van der Waals surface area (Å²) in [5.41, 5.74) is 4.46. The van der Waals surface area contributed by atoms with Gasteiger partial charge in [-0.2, -0.15) is 0 Å². The van der Waals surface area contributed by atoms with Gasteiger partial charge in [-0.15, -0.1) is 11.3 Å². The second kappa shape index (κ2) is 6.37. The monoisotopic (exact) mass is 287 g/mol. The van der Waals surface area contributed by atoms with Crippen LogP contribution in [0.15, 0.2) is 41.2 Å². The van der Waals surface area contributed by atoms with Gasteiger partial charge in [-0.25, -0.2) is 4.98 Å². The van der Waals surface area contributed by atoms with Gasteiger partial charge >= 0.3 is 0 Å². The third kappa shape index (κ3) is 3.19. The first-order chi connectivity index (χ1) is 9.83. The van der Waals surface area contributed by atoms with E-state index in [4.69, 9.17) is 0 Å². The fraction of sp³-hybridized carbons (Fsp3) is 0.438. The van der Waals surface area contributed by atoms with E-state index in [0.717, 1.165) is 6.54 Å². The second-order valence-corrected chi connectivity index (χ2v) is 6.15. The lowest BCUT2D eigenvalue weighted by atomic mass is 10.0. The molecule has 0 aliphatic carbocycles. The van der Waals surface area contributed by atoms with Crippen molar-refractivity contribution in [1.29, 1.82) is 0 Å². The summed E-state index contributed by atoms with van der Waals surface area (Å²) in [4.78, 5) is 9.33. The minimum absolute atomic E-state index is 0.657. The number of rotatable bonds is 4. The summed E-state index contributed by atoms with van der Waals surface area (Å²) in [5.74, 6) is 0. The Morgan fingerprint density at radius 3 is 2.65 bits per heavy atom. The van der Waals surface area contributed by atoms with Crippen LogP contribution in [-0.2, 0) is 6.54 Å². The molecule has 0 atom stereocenters. The molecule has 0 radical (unpaired) electrons. The first-order valence-corrected chi connectivity index (χ1v) is 8.14. The van der Waals surface area contributed by atoms with E-state index < -0.39 is 0 Å². The van der Waals surface area contributed by atoms with E-state index in [2.05, 4.69) is 57.5 Å². The van der Waals surface area contributed by atoms with Crippen LogP contribution in [0.4, 0.5) is 5.69 Å². The van der Waals surface area contributed by atoms with Crippen molar-refractivity contribution in [2.45, 2.75) is 25.4 Å². The highest BCUT2D eigenvalue weighted by Crippen LogP contribution is 2.22. The lowest BCUT2D eigenvalue weighted by Crippen LogP contribution is -2.43. The van der Waals surface area contributed by atoms with Crippen molar-refractivity contribution in [3.8, 4) is 0 Å². The van der Waals surface area contributed by atoms with E-state index in [9.17, 15) is 0 Å². The van der Waals surface area contributed by atoms with E-state index in [0.29, 0.717) is 6.04 Å². The fourth-order valence-electron chi connectivity index (χ4n) is 2.88. The summed E-state index contributed by atoms with van der Waals surface area (Å²) in [6, 6.07) is 11.4. The van der Waals surface area contributed by atoms with Crippen LogP contribution in [0.1, 0.15) is 18.5 Å². The summed E-state index contributed by atoms with van der Waals surface area (Å²) in [6.45, 7) is 3.34. The van der Waals surface area contributed by atoms with Crippen molar-refractivity contribution in [2.24, 2.45) is 0 Å². The predicted molar refractivity (Wildman–Crippen MR) is 85.3 cm³/mol. The van der Waals surface area contributed by atoms with E-state index in [-0.39, 0.29) is 0 Å². The van der Waals surface area contributed by atoms with Crippen LogP contribution in [0.5, 0.6) is 0 Å². The molecule has 0 bridgehead atoms. The molecule has 3 nitrogen and oxygen atoms in total. The van der Waals surface area contributed by atoms with Crippen molar-refractivity contribution in [1.82, 2.24) is 9.88 Å². The minimum Gasteiger partial charge on any atom is -0.372 e. The highest BCUT2D eigenvalue weighted by atomic mass is 32.1. The van der Waals surface area contributed by atoms with Crippen LogP contribution < -0.4 is 4.90 Å². The minimum atomic E-state index is 0.657. The maximum Gasteiger partial charge on any atom is 0.0795 e. The molecule has 0 spiro atoms. The fourth-order valence-corrected chi connectivity index (χ4v) is 3.43. The van der Waals surface area contributed by atoms with Crippen LogP contribution in [0.3, 0.4) is 0 Å². The van der Waals surface area contributed by atoms with Crippen LogP contribution >= 0.6 is 11.3 Å². The molecule has 0 unspecified atom stereocenters. The second-order valence-electron chi connectivity index (χ2n) is 5.43. The number of thiazole rings is 1. The average molecular weight is 287 g/mol. The lowest BCUT2D eigenvalue weighted by molar-refractivity contribution is 0.201.